The number of rotatable bonds is 6. The molecule has 0 unspecified atom stereocenters. The van der Waals surface area contributed by atoms with Crippen molar-refractivity contribution in [1.82, 2.24) is 20.6 Å². The number of halogens is 1. The minimum atomic E-state index is -0.417. The summed E-state index contributed by atoms with van der Waals surface area (Å²) in [5.41, 5.74) is 3.18. The van der Waals surface area contributed by atoms with Crippen LogP contribution in [0.2, 0.25) is 0 Å². The number of carbonyl (C=O) groups is 2. The number of aromatic amines is 1. The van der Waals surface area contributed by atoms with E-state index in [0.717, 1.165) is 21.4 Å². The Labute approximate surface area is 167 Å². The number of amides is 2. The Balaban J connectivity index is 2.24. The highest BCUT2D eigenvalue weighted by atomic mass is 79.9. The quantitative estimate of drug-likeness (QED) is 0.481. The Morgan fingerprint density at radius 2 is 1.93 bits per heavy atom. The highest BCUT2D eigenvalue weighted by Gasteiger charge is 2.19. The molecule has 1 aromatic carbocycles. The standard InChI is InChI=1S/C20H23BrN4O2/c1-13(9-16-18(20(2,3)4)23-11-22-16)25-19(27)17(24-12-26)10-14-7-5-6-8-15(14)21/h5-12H,1-4H3,(H,22,23)(H,24,26)(H,25,27)/b13-9-,17-10-. The van der Waals surface area contributed by atoms with Crippen LogP contribution in [0.1, 0.15) is 44.6 Å². The molecule has 0 saturated carbocycles. The maximum Gasteiger partial charge on any atom is 0.271 e. The highest BCUT2D eigenvalue weighted by molar-refractivity contribution is 9.10. The van der Waals surface area contributed by atoms with E-state index < -0.39 is 5.91 Å². The molecule has 0 aliphatic heterocycles. The van der Waals surface area contributed by atoms with Gasteiger partial charge < -0.3 is 15.6 Å². The minimum absolute atomic E-state index is 0.101. The van der Waals surface area contributed by atoms with Crippen LogP contribution >= 0.6 is 15.9 Å². The first-order valence-corrected chi connectivity index (χ1v) is 9.21. The predicted octanol–water partition coefficient (Wildman–Crippen LogP) is 3.73. The van der Waals surface area contributed by atoms with E-state index in [-0.39, 0.29) is 11.1 Å². The molecule has 0 fully saturated rings. The fourth-order valence-electron chi connectivity index (χ4n) is 2.49. The van der Waals surface area contributed by atoms with Crippen LogP contribution in [0.15, 0.2) is 46.5 Å². The zero-order chi connectivity index (χ0) is 20.0. The van der Waals surface area contributed by atoms with E-state index in [1.54, 1.807) is 25.4 Å². The first-order valence-electron chi connectivity index (χ1n) is 8.42. The molecule has 0 atom stereocenters. The van der Waals surface area contributed by atoms with Gasteiger partial charge in [-0.25, -0.2) is 4.98 Å². The van der Waals surface area contributed by atoms with Gasteiger partial charge in [0, 0.05) is 21.3 Å². The Morgan fingerprint density at radius 3 is 2.56 bits per heavy atom. The van der Waals surface area contributed by atoms with Crippen LogP contribution in [-0.2, 0) is 15.0 Å². The van der Waals surface area contributed by atoms with Crippen LogP contribution in [0.5, 0.6) is 0 Å². The van der Waals surface area contributed by atoms with Crippen molar-refractivity contribution in [3.8, 4) is 0 Å². The van der Waals surface area contributed by atoms with Crippen molar-refractivity contribution < 1.29 is 9.59 Å². The van der Waals surface area contributed by atoms with Crippen LogP contribution < -0.4 is 10.6 Å². The summed E-state index contributed by atoms with van der Waals surface area (Å²) in [5.74, 6) is -0.417. The second kappa shape index (κ2) is 8.81. The van der Waals surface area contributed by atoms with Crippen molar-refractivity contribution >= 4 is 40.4 Å². The van der Waals surface area contributed by atoms with E-state index in [9.17, 15) is 9.59 Å². The number of hydrogen-bond donors (Lipinski definition) is 3. The van der Waals surface area contributed by atoms with Crippen LogP contribution in [0.25, 0.3) is 12.2 Å². The van der Waals surface area contributed by atoms with Crippen molar-refractivity contribution in [3.05, 3.63) is 63.4 Å². The molecule has 7 heteroatoms. The third-order valence-electron chi connectivity index (χ3n) is 3.75. The lowest BCUT2D eigenvalue weighted by Crippen LogP contribution is -2.30. The summed E-state index contributed by atoms with van der Waals surface area (Å²) < 4.78 is 0.821. The largest absolute Gasteiger partial charge is 0.348 e. The summed E-state index contributed by atoms with van der Waals surface area (Å²) >= 11 is 3.43. The van der Waals surface area contributed by atoms with Gasteiger partial charge in [-0.05, 0) is 30.7 Å². The maximum atomic E-state index is 12.6. The molecular formula is C20H23BrN4O2. The van der Waals surface area contributed by atoms with Gasteiger partial charge in [0.2, 0.25) is 6.41 Å². The predicted molar refractivity (Wildman–Crippen MR) is 110 cm³/mol. The monoisotopic (exact) mass is 430 g/mol. The summed E-state index contributed by atoms with van der Waals surface area (Å²) in [6.07, 6.45) is 5.52. The minimum Gasteiger partial charge on any atom is -0.348 e. The molecule has 27 heavy (non-hydrogen) atoms. The van der Waals surface area contributed by atoms with Crippen LogP contribution in [0.4, 0.5) is 0 Å². The molecule has 2 amide bonds. The maximum absolute atomic E-state index is 12.6. The third-order valence-corrected chi connectivity index (χ3v) is 4.47. The second-order valence-electron chi connectivity index (χ2n) is 7.04. The van der Waals surface area contributed by atoms with Gasteiger partial charge in [-0.1, -0.05) is 54.9 Å². The van der Waals surface area contributed by atoms with Crippen molar-refractivity contribution in [3.63, 3.8) is 0 Å². The van der Waals surface area contributed by atoms with E-state index in [1.165, 1.54) is 0 Å². The van der Waals surface area contributed by atoms with Gasteiger partial charge in [0.15, 0.2) is 0 Å². The molecule has 0 bridgehead atoms. The zero-order valence-corrected chi connectivity index (χ0v) is 17.3. The normalized spacial score (nSPS) is 12.6. The summed E-state index contributed by atoms with van der Waals surface area (Å²) in [6.45, 7) is 8.02. The topological polar surface area (TPSA) is 86.9 Å². The fraction of sp³-hybridized carbons (Fsp3) is 0.250. The lowest BCUT2D eigenvalue weighted by molar-refractivity contribution is -0.118. The third kappa shape index (κ3) is 5.65. The average molecular weight is 431 g/mol. The Hall–Kier alpha value is -2.67. The van der Waals surface area contributed by atoms with Crippen molar-refractivity contribution in [2.24, 2.45) is 0 Å². The van der Waals surface area contributed by atoms with Gasteiger partial charge in [-0.2, -0.15) is 0 Å². The molecular weight excluding hydrogens is 408 g/mol. The average Bonchev–Trinajstić information content (AvgIpc) is 3.04. The van der Waals surface area contributed by atoms with E-state index >= 15 is 0 Å². The van der Waals surface area contributed by atoms with Gasteiger partial charge in [0.1, 0.15) is 5.70 Å². The number of aromatic nitrogens is 2. The number of benzene rings is 1. The first-order chi connectivity index (χ1) is 12.7. The lowest BCUT2D eigenvalue weighted by atomic mass is 9.90. The molecule has 0 aliphatic rings. The molecule has 0 radical (unpaired) electrons. The molecule has 0 spiro atoms. The van der Waals surface area contributed by atoms with E-state index in [1.807, 2.05) is 24.3 Å². The molecule has 1 aromatic heterocycles. The number of H-pyrrole nitrogens is 1. The molecule has 142 valence electrons. The summed E-state index contributed by atoms with van der Waals surface area (Å²) in [5, 5.41) is 5.24. The van der Waals surface area contributed by atoms with Crippen molar-refractivity contribution in [2.45, 2.75) is 33.1 Å². The first kappa shape index (κ1) is 20.6. The Kier molecular flexibility index (Phi) is 6.74. The van der Waals surface area contributed by atoms with Gasteiger partial charge in [-0.3, -0.25) is 9.59 Å². The number of carbonyl (C=O) groups excluding carboxylic acids is 2. The lowest BCUT2D eigenvalue weighted by Gasteiger charge is -2.17. The Bertz CT molecular complexity index is 891. The van der Waals surface area contributed by atoms with Crippen LogP contribution in [0.3, 0.4) is 0 Å². The fourth-order valence-corrected chi connectivity index (χ4v) is 2.89. The molecule has 2 aromatic rings. The van der Waals surface area contributed by atoms with E-state index in [4.69, 9.17) is 0 Å². The van der Waals surface area contributed by atoms with Crippen LogP contribution in [0, 0.1) is 0 Å². The molecule has 2 rings (SSSR count). The number of nitrogens with one attached hydrogen (secondary N) is 3. The number of hydrogen-bond acceptors (Lipinski definition) is 3. The smallest absolute Gasteiger partial charge is 0.271 e. The van der Waals surface area contributed by atoms with Crippen LogP contribution in [-0.4, -0.2) is 22.3 Å². The summed E-state index contributed by atoms with van der Waals surface area (Å²) in [4.78, 5) is 31.0. The molecule has 1 heterocycles. The number of imidazole rings is 1. The summed E-state index contributed by atoms with van der Waals surface area (Å²) in [7, 11) is 0. The van der Waals surface area contributed by atoms with Gasteiger partial charge in [-0.15, -0.1) is 0 Å². The Morgan fingerprint density at radius 1 is 1.22 bits per heavy atom. The van der Waals surface area contributed by atoms with Crippen molar-refractivity contribution in [2.75, 3.05) is 0 Å². The summed E-state index contributed by atoms with van der Waals surface area (Å²) in [6, 6.07) is 7.42. The SMILES string of the molecule is C/C(=C/c1nc[nH]c1C(C)(C)C)NC(=O)/C(=C/c1ccccc1Br)NC=O. The number of nitrogens with zero attached hydrogens (tertiary/aromatic N) is 1. The van der Waals surface area contributed by atoms with Gasteiger partial charge >= 0.3 is 0 Å². The van der Waals surface area contributed by atoms with Gasteiger partial charge in [0.25, 0.3) is 5.91 Å². The molecule has 3 N–H and O–H groups in total. The number of allylic oxidation sites excluding steroid dienone is 1. The molecule has 6 nitrogen and oxygen atoms in total. The van der Waals surface area contributed by atoms with Crippen molar-refractivity contribution in [1.29, 1.82) is 0 Å². The van der Waals surface area contributed by atoms with E-state index in [2.05, 4.69) is 57.3 Å². The highest BCUT2D eigenvalue weighted by Crippen LogP contribution is 2.24. The molecule has 0 aliphatic carbocycles. The van der Waals surface area contributed by atoms with E-state index in [0.29, 0.717) is 12.1 Å². The zero-order valence-electron chi connectivity index (χ0n) is 15.8. The van der Waals surface area contributed by atoms with Gasteiger partial charge in [0.05, 0.1) is 12.0 Å². The second-order valence-corrected chi connectivity index (χ2v) is 7.89. The molecule has 0 saturated heterocycles.